The number of halogens is 2. The summed E-state index contributed by atoms with van der Waals surface area (Å²) in [4.78, 5) is 18.8. The molecule has 0 radical (unpaired) electrons. The molecule has 1 N–H and O–H groups in total. The highest BCUT2D eigenvalue weighted by Gasteiger charge is 2.11. The van der Waals surface area contributed by atoms with Gasteiger partial charge in [0.25, 0.3) is 5.91 Å². The maximum absolute atomic E-state index is 12.6. The minimum absolute atomic E-state index is 0.0115. The summed E-state index contributed by atoms with van der Waals surface area (Å²) in [5.74, 6) is -0.522. The number of hydrogen-bond acceptors (Lipinski definition) is 5. The summed E-state index contributed by atoms with van der Waals surface area (Å²) < 4.78 is 16.2. The van der Waals surface area contributed by atoms with Crippen molar-refractivity contribution in [1.82, 2.24) is 14.3 Å². The van der Waals surface area contributed by atoms with Gasteiger partial charge in [-0.2, -0.15) is 8.76 Å². The van der Waals surface area contributed by atoms with E-state index < -0.39 is 11.0 Å². The van der Waals surface area contributed by atoms with Gasteiger partial charge in [0.05, 0.1) is 18.1 Å². The molecule has 16 heavy (non-hydrogen) atoms. The highest BCUT2D eigenvalue weighted by Crippen LogP contribution is 2.11. The molecule has 0 saturated heterocycles. The van der Waals surface area contributed by atoms with E-state index in [4.69, 9.17) is 11.6 Å². The Morgan fingerprint density at radius 2 is 2.12 bits per heavy atom. The van der Waals surface area contributed by atoms with E-state index >= 15 is 0 Å². The summed E-state index contributed by atoms with van der Waals surface area (Å²) in [5.41, 5.74) is 0.375. The van der Waals surface area contributed by atoms with Gasteiger partial charge >= 0.3 is 0 Å². The Labute approximate surface area is 98.5 Å². The topological polar surface area (TPSA) is 67.8 Å². The van der Waals surface area contributed by atoms with Gasteiger partial charge in [-0.15, -0.1) is 0 Å². The minimum atomic E-state index is -0.522. The minimum Gasteiger partial charge on any atom is -0.318 e. The number of carbonyl (C=O) groups is 1. The van der Waals surface area contributed by atoms with E-state index in [-0.39, 0.29) is 11.0 Å². The molecule has 0 aliphatic rings. The predicted octanol–water partition coefficient (Wildman–Crippen LogP) is 1.98. The average molecular weight is 259 g/mol. The second-order valence-electron chi connectivity index (χ2n) is 2.71. The number of rotatable bonds is 2. The first-order chi connectivity index (χ1) is 7.65. The lowest BCUT2D eigenvalue weighted by Gasteiger charge is -2.00. The standard InChI is InChI=1S/C8H4ClFN4OS/c9-8-11-2-4(3-12-8)13-7(15)5-1-6(10)16-14-5/h1-3H,(H,13,15). The zero-order valence-electron chi connectivity index (χ0n) is 7.65. The van der Waals surface area contributed by atoms with Crippen LogP contribution in [-0.2, 0) is 0 Å². The van der Waals surface area contributed by atoms with Gasteiger partial charge in [0, 0.05) is 6.07 Å². The van der Waals surface area contributed by atoms with E-state index in [1.54, 1.807) is 0 Å². The number of nitrogens with one attached hydrogen (secondary N) is 1. The number of carbonyl (C=O) groups excluding carboxylic acids is 1. The maximum Gasteiger partial charge on any atom is 0.275 e. The molecule has 82 valence electrons. The highest BCUT2D eigenvalue weighted by molar-refractivity contribution is 7.04. The Kier molecular flexibility index (Phi) is 3.07. The van der Waals surface area contributed by atoms with Crippen molar-refractivity contribution < 1.29 is 9.18 Å². The molecule has 0 spiro atoms. The Balaban J connectivity index is 2.10. The van der Waals surface area contributed by atoms with Crippen LogP contribution in [0.15, 0.2) is 18.5 Å². The summed E-state index contributed by atoms with van der Waals surface area (Å²) in [5, 5.41) is 2.02. The van der Waals surface area contributed by atoms with Gasteiger partial charge in [-0.3, -0.25) is 4.79 Å². The Bertz CT molecular complexity index is 515. The molecule has 0 bridgehead atoms. The van der Waals surface area contributed by atoms with Crippen molar-refractivity contribution in [2.75, 3.05) is 5.32 Å². The van der Waals surface area contributed by atoms with Crippen LogP contribution in [-0.4, -0.2) is 20.2 Å². The van der Waals surface area contributed by atoms with Gasteiger partial charge in [-0.05, 0) is 23.1 Å². The predicted molar refractivity (Wildman–Crippen MR) is 57.1 cm³/mol. The third-order valence-corrected chi connectivity index (χ3v) is 2.37. The largest absolute Gasteiger partial charge is 0.318 e. The first-order valence-electron chi connectivity index (χ1n) is 4.06. The second kappa shape index (κ2) is 4.50. The van der Waals surface area contributed by atoms with E-state index in [1.165, 1.54) is 12.4 Å². The zero-order valence-corrected chi connectivity index (χ0v) is 9.22. The Hall–Kier alpha value is -1.60. The van der Waals surface area contributed by atoms with Crippen molar-refractivity contribution in [1.29, 1.82) is 0 Å². The molecule has 0 aliphatic heterocycles. The third-order valence-electron chi connectivity index (χ3n) is 1.59. The van der Waals surface area contributed by atoms with E-state index in [0.717, 1.165) is 6.07 Å². The summed E-state index contributed by atoms with van der Waals surface area (Å²) in [6.07, 6.45) is 2.69. The maximum atomic E-state index is 12.6. The van der Waals surface area contributed by atoms with Gasteiger partial charge in [-0.25, -0.2) is 9.97 Å². The molecule has 0 unspecified atom stereocenters. The van der Waals surface area contributed by atoms with Crippen LogP contribution in [0.4, 0.5) is 10.1 Å². The lowest BCUT2D eigenvalue weighted by molar-refractivity contribution is 0.102. The van der Waals surface area contributed by atoms with E-state index in [1.807, 2.05) is 0 Å². The van der Waals surface area contributed by atoms with Crippen molar-refractivity contribution >= 4 is 34.7 Å². The van der Waals surface area contributed by atoms with Crippen LogP contribution in [0, 0.1) is 5.13 Å². The fourth-order valence-electron chi connectivity index (χ4n) is 0.932. The SMILES string of the molecule is O=C(Nc1cnc(Cl)nc1)c1cc(F)sn1. The smallest absolute Gasteiger partial charge is 0.275 e. The zero-order chi connectivity index (χ0) is 11.5. The fourth-order valence-corrected chi connectivity index (χ4v) is 1.52. The van der Waals surface area contributed by atoms with Crippen LogP contribution in [0.3, 0.4) is 0 Å². The highest BCUT2D eigenvalue weighted by atomic mass is 35.5. The monoisotopic (exact) mass is 258 g/mol. The van der Waals surface area contributed by atoms with Gasteiger partial charge in [-0.1, -0.05) is 0 Å². The lowest BCUT2D eigenvalue weighted by Crippen LogP contribution is -2.12. The number of amides is 1. The molecule has 0 aliphatic carbocycles. The van der Waals surface area contributed by atoms with Crippen LogP contribution >= 0.6 is 23.1 Å². The molecule has 0 fully saturated rings. The summed E-state index contributed by atoms with van der Waals surface area (Å²) in [7, 11) is 0. The Morgan fingerprint density at radius 1 is 1.44 bits per heavy atom. The van der Waals surface area contributed by atoms with Crippen molar-refractivity contribution in [3.63, 3.8) is 0 Å². The first kappa shape index (κ1) is 10.9. The van der Waals surface area contributed by atoms with E-state index in [0.29, 0.717) is 17.2 Å². The van der Waals surface area contributed by atoms with Crippen molar-refractivity contribution in [2.24, 2.45) is 0 Å². The molecule has 2 heterocycles. The van der Waals surface area contributed by atoms with E-state index in [9.17, 15) is 9.18 Å². The summed E-state index contributed by atoms with van der Waals surface area (Å²) in [6, 6.07) is 1.05. The normalized spacial score (nSPS) is 10.1. The number of hydrogen-bond donors (Lipinski definition) is 1. The molecule has 2 rings (SSSR count). The van der Waals surface area contributed by atoms with Gasteiger partial charge in [0.1, 0.15) is 5.69 Å². The molecule has 8 heteroatoms. The number of anilines is 1. The molecule has 0 saturated carbocycles. The van der Waals surface area contributed by atoms with Crippen LogP contribution in [0.25, 0.3) is 0 Å². The summed E-state index contributed by atoms with van der Waals surface area (Å²) >= 11 is 6.09. The molecule has 5 nitrogen and oxygen atoms in total. The summed E-state index contributed by atoms with van der Waals surface area (Å²) in [6.45, 7) is 0. The molecular weight excluding hydrogens is 255 g/mol. The van der Waals surface area contributed by atoms with Crippen molar-refractivity contribution in [3.05, 3.63) is 34.6 Å². The van der Waals surface area contributed by atoms with Crippen LogP contribution in [0.1, 0.15) is 10.5 Å². The number of aromatic nitrogens is 3. The van der Waals surface area contributed by atoms with Crippen LogP contribution in [0.5, 0.6) is 0 Å². The molecule has 2 aromatic rings. The second-order valence-corrected chi connectivity index (χ2v) is 3.80. The average Bonchev–Trinajstić information content (AvgIpc) is 2.68. The van der Waals surface area contributed by atoms with Gasteiger partial charge < -0.3 is 5.32 Å². The number of nitrogens with zero attached hydrogens (tertiary/aromatic N) is 3. The quantitative estimate of drug-likeness (QED) is 0.837. The van der Waals surface area contributed by atoms with Crippen LogP contribution in [0.2, 0.25) is 5.28 Å². The molecular formula is C8H4ClFN4OS. The van der Waals surface area contributed by atoms with Gasteiger partial charge in [0.15, 0.2) is 5.13 Å². The molecule has 2 aromatic heterocycles. The van der Waals surface area contributed by atoms with Crippen molar-refractivity contribution in [2.45, 2.75) is 0 Å². The van der Waals surface area contributed by atoms with Crippen molar-refractivity contribution in [3.8, 4) is 0 Å². The first-order valence-corrected chi connectivity index (χ1v) is 5.21. The Morgan fingerprint density at radius 3 is 2.69 bits per heavy atom. The van der Waals surface area contributed by atoms with Gasteiger partial charge in [0.2, 0.25) is 5.28 Å². The fraction of sp³-hybridized carbons (Fsp3) is 0. The molecule has 0 aromatic carbocycles. The van der Waals surface area contributed by atoms with E-state index in [2.05, 4.69) is 19.7 Å². The van der Waals surface area contributed by atoms with Crippen LogP contribution < -0.4 is 5.32 Å². The lowest BCUT2D eigenvalue weighted by atomic mass is 10.4. The molecule has 0 atom stereocenters. The molecule has 1 amide bonds. The third kappa shape index (κ3) is 2.50.